The molecule has 0 aliphatic rings. The molecule has 0 saturated carbocycles. The Morgan fingerprint density at radius 1 is 0.935 bits per heavy atom. The van der Waals surface area contributed by atoms with Crippen molar-refractivity contribution in [1.29, 1.82) is 0 Å². The first-order chi connectivity index (χ1) is 14.9. The van der Waals surface area contributed by atoms with Crippen molar-refractivity contribution in [3.63, 3.8) is 0 Å². The second-order valence-electron chi connectivity index (χ2n) is 7.31. The van der Waals surface area contributed by atoms with Crippen LogP contribution in [-0.4, -0.2) is 44.5 Å². The maximum absolute atomic E-state index is 12.3. The largest absolute Gasteiger partial charge is 0.385 e. The Kier molecular flexibility index (Phi) is 9.51. The second-order valence-corrected chi connectivity index (χ2v) is 7.31. The third-order valence-corrected chi connectivity index (χ3v) is 4.33. The number of amides is 3. The van der Waals surface area contributed by atoms with Crippen LogP contribution in [0.4, 0.5) is 17.1 Å². The van der Waals surface area contributed by atoms with Gasteiger partial charge in [-0.2, -0.15) is 0 Å². The SMILES string of the molecule is COCCCNC(=O)c1cccc(NC(=O)CNc2cccc(NC(=O)C(C)C)c2)c1. The molecule has 2 rings (SSSR count). The molecule has 0 bridgehead atoms. The summed E-state index contributed by atoms with van der Waals surface area (Å²) in [5.41, 5.74) is 2.38. The molecule has 2 aromatic rings. The summed E-state index contributed by atoms with van der Waals surface area (Å²) in [7, 11) is 1.62. The molecule has 0 aromatic heterocycles. The minimum absolute atomic E-state index is 0.0367. The lowest BCUT2D eigenvalue weighted by molar-refractivity contribution is -0.119. The van der Waals surface area contributed by atoms with E-state index in [9.17, 15) is 14.4 Å². The van der Waals surface area contributed by atoms with E-state index in [1.165, 1.54) is 0 Å². The summed E-state index contributed by atoms with van der Waals surface area (Å²) in [6.45, 7) is 4.78. The predicted octanol–water partition coefficient (Wildman–Crippen LogP) is 3.10. The number of carbonyl (C=O) groups excluding carboxylic acids is 3. The van der Waals surface area contributed by atoms with Gasteiger partial charge in [-0.3, -0.25) is 14.4 Å². The van der Waals surface area contributed by atoms with Gasteiger partial charge in [-0.05, 0) is 42.8 Å². The van der Waals surface area contributed by atoms with Crippen LogP contribution in [-0.2, 0) is 14.3 Å². The van der Waals surface area contributed by atoms with Crippen molar-refractivity contribution in [2.24, 2.45) is 5.92 Å². The molecule has 8 heteroatoms. The molecule has 0 aliphatic heterocycles. The van der Waals surface area contributed by atoms with Crippen LogP contribution in [0.2, 0.25) is 0 Å². The lowest BCUT2D eigenvalue weighted by Crippen LogP contribution is -2.25. The van der Waals surface area contributed by atoms with Gasteiger partial charge in [0.15, 0.2) is 0 Å². The van der Waals surface area contributed by atoms with E-state index in [4.69, 9.17) is 4.74 Å². The van der Waals surface area contributed by atoms with Gasteiger partial charge in [0.2, 0.25) is 11.8 Å². The van der Waals surface area contributed by atoms with Gasteiger partial charge in [-0.15, -0.1) is 0 Å². The lowest BCUT2D eigenvalue weighted by Gasteiger charge is -2.11. The second kappa shape index (κ2) is 12.3. The molecule has 0 radical (unpaired) electrons. The summed E-state index contributed by atoms with van der Waals surface area (Å²) in [4.78, 5) is 36.3. The van der Waals surface area contributed by atoms with Gasteiger partial charge in [0.05, 0.1) is 6.54 Å². The van der Waals surface area contributed by atoms with E-state index in [2.05, 4.69) is 21.3 Å². The fraction of sp³-hybridized carbons (Fsp3) is 0.348. The van der Waals surface area contributed by atoms with E-state index in [1.54, 1.807) is 49.6 Å². The molecule has 0 spiro atoms. The first-order valence-corrected chi connectivity index (χ1v) is 10.2. The van der Waals surface area contributed by atoms with Crippen molar-refractivity contribution in [3.8, 4) is 0 Å². The Morgan fingerprint density at radius 3 is 2.32 bits per heavy atom. The van der Waals surface area contributed by atoms with E-state index in [-0.39, 0.29) is 30.2 Å². The maximum Gasteiger partial charge on any atom is 0.251 e. The number of methoxy groups -OCH3 is 1. The molecular weight excluding hydrogens is 396 g/mol. The Balaban J connectivity index is 1.86. The van der Waals surface area contributed by atoms with Gasteiger partial charge in [0.1, 0.15) is 0 Å². The highest BCUT2D eigenvalue weighted by atomic mass is 16.5. The molecule has 0 fully saturated rings. The molecule has 2 aromatic carbocycles. The van der Waals surface area contributed by atoms with Crippen molar-refractivity contribution in [3.05, 3.63) is 54.1 Å². The van der Waals surface area contributed by atoms with Crippen molar-refractivity contribution < 1.29 is 19.1 Å². The van der Waals surface area contributed by atoms with Crippen molar-refractivity contribution in [1.82, 2.24) is 5.32 Å². The summed E-state index contributed by atoms with van der Waals surface area (Å²) in [6.07, 6.45) is 0.729. The molecule has 0 unspecified atom stereocenters. The summed E-state index contributed by atoms with van der Waals surface area (Å²) in [5.74, 6) is -0.650. The highest BCUT2D eigenvalue weighted by Gasteiger charge is 2.09. The smallest absolute Gasteiger partial charge is 0.251 e. The number of hydrogen-bond donors (Lipinski definition) is 4. The van der Waals surface area contributed by atoms with Crippen molar-refractivity contribution in [2.45, 2.75) is 20.3 Å². The standard InChI is InChI=1S/C23H30N4O4/c1-16(2)22(29)27-20-10-5-8-18(14-20)25-15-21(28)26-19-9-4-7-17(13-19)23(30)24-11-6-12-31-3/h4-5,7-10,13-14,16,25H,6,11-12,15H2,1-3H3,(H,24,30)(H,26,28)(H,27,29). The fourth-order valence-corrected chi connectivity index (χ4v) is 2.64. The number of hydrogen-bond acceptors (Lipinski definition) is 5. The minimum Gasteiger partial charge on any atom is -0.385 e. The average Bonchev–Trinajstić information content (AvgIpc) is 2.75. The van der Waals surface area contributed by atoms with Crippen molar-refractivity contribution >= 4 is 34.8 Å². The molecular formula is C23H30N4O4. The molecule has 31 heavy (non-hydrogen) atoms. The van der Waals surface area contributed by atoms with E-state index < -0.39 is 0 Å². The van der Waals surface area contributed by atoms with Gasteiger partial charge in [0, 0.05) is 48.8 Å². The fourth-order valence-electron chi connectivity index (χ4n) is 2.64. The predicted molar refractivity (Wildman–Crippen MR) is 122 cm³/mol. The quantitative estimate of drug-likeness (QED) is 0.413. The van der Waals surface area contributed by atoms with E-state index >= 15 is 0 Å². The number of anilines is 3. The van der Waals surface area contributed by atoms with E-state index in [1.807, 2.05) is 19.9 Å². The summed E-state index contributed by atoms with van der Waals surface area (Å²) >= 11 is 0. The highest BCUT2D eigenvalue weighted by molar-refractivity contribution is 5.98. The maximum atomic E-state index is 12.3. The Morgan fingerprint density at radius 2 is 1.61 bits per heavy atom. The first kappa shape index (κ1) is 23.9. The third kappa shape index (κ3) is 8.47. The normalized spacial score (nSPS) is 10.5. The Bertz CT molecular complexity index is 899. The Labute approximate surface area is 182 Å². The van der Waals surface area contributed by atoms with Crippen LogP contribution in [0.15, 0.2) is 48.5 Å². The summed E-state index contributed by atoms with van der Waals surface area (Å²) < 4.78 is 4.96. The molecule has 8 nitrogen and oxygen atoms in total. The molecule has 0 heterocycles. The molecule has 3 amide bonds. The number of carbonyl (C=O) groups is 3. The third-order valence-electron chi connectivity index (χ3n) is 4.33. The molecule has 0 atom stereocenters. The zero-order valence-electron chi connectivity index (χ0n) is 18.2. The van der Waals surface area contributed by atoms with Gasteiger partial charge in [-0.25, -0.2) is 0 Å². The van der Waals surface area contributed by atoms with Crippen molar-refractivity contribution in [2.75, 3.05) is 42.8 Å². The topological polar surface area (TPSA) is 109 Å². The first-order valence-electron chi connectivity index (χ1n) is 10.2. The van der Waals surface area contributed by atoms with Crippen LogP contribution in [0.1, 0.15) is 30.6 Å². The number of ether oxygens (including phenoxy) is 1. The lowest BCUT2D eigenvalue weighted by atomic mass is 10.2. The molecule has 166 valence electrons. The number of nitrogens with one attached hydrogen (secondary N) is 4. The van der Waals surface area contributed by atoms with Gasteiger partial charge >= 0.3 is 0 Å². The van der Waals surface area contributed by atoms with Gasteiger partial charge in [0.25, 0.3) is 5.91 Å². The highest BCUT2D eigenvalue weighted by Crippen LogP contribution is 2.16. The minimum atomic E-state index is -0.255. The zero-order chi connectivity index (χ0) is 22.6. The van der Waals surface area contributed by atoms with Crippen LogP contribution in [0.3, 0.4) is 0 Å². The average molecular weight is 427 g/mol. The Hall–Kier alpha value is -3.39. The van der Waals surface area contributed by atoms with Gasteiger partial charge in [-0.1, -0.05) is 26.0 Å². The van der Waals surface area contributed by atoms with Crippen LogP contribution in [0.25, 0.3) is 0 Å². The van der Waals surface area contributed by atoms with E-state index in [0.717, 1.165) is 6.42 Å². The monoisotopic (exact) mass is 426 g/mol. The van der Waals surface area contributed by atoms with Crippen LogP contribution >= 0.6 is 0 Å². The van der Waals surface area contributed by atoms with E-state index in [0.29, 0.717) is 35.8 Å². The van der Waals surface area contributed by atoms with Gasteiger partial charge < -0.3 is 26.0 Å². The summed E-state index contributed by atoms with van der Waals surface area (Å²) in [5, 5.41) is 11.4. The molecule has 4 N–H and O–H groups in total. The number of benzene rings is 2. The van der Waals surface area contributed by atoms with Crippen LogP contribution in [0.5, 0.6) is 0 Å². The van der Waals surface area contributed by atoms with Crippen LogP contribution in [0, 0.1) is 5.92 Å². The zero-order valence-corrected chi connectivity index (χ0v) is 18.2. The number of rotatable bonds is 11. The van der Waals surface area contributed by atoms with Crippen LogP contribution < -0.4 is 21.3 Å². The molecule has 0 aliphatic carbocycles. The molecule has 0 saturated heterocycles. The summed E-state index contributed by atoms with van der Waals surface area (Å²) in [6, 6.07) is 13.9.